The smallest absolute Gasteiger partial charge is 0.234 e. The summed E-state index contributed by atoms with van der Waals surface area (Å²) < 4.78 is 6.84. The van der Waals surface area contributed by atoms with Crippen molar-refractivity contribution in [2.45, 2.75) is 5.16 Å². The number of para-hydroxylation sites is 2. The second kappa shape index (κ2) is 8.13. The standard InChI is InChI=1S/C17H14N6O2S/c1-25-15-8-3-2-7-14(15)23-17(20-21-22-23)26-11-16(24)19-13-6-4-5-12(9-13)10-18/h2-9H,11H2,1H3,(H,19,24). The van der Waals surface area contributed by atoms with Gasteiger partial charge in [0.25, 0.3) is 0 Å². The number of nitrogens with one attached hydrogen (secondary N) is 1. The fraction of sp³-hybridized carbons (Fsp3) is 0.118. The highest BCUT2D eigenvalue weighted by Gasteiger charge is 2.14. The van der Waals surface area contributed by atoms with Gasteiger partial charge in [0, 0.05) is 5.69 Å². The van der Waals surface area contributed by atoms with E-state index in [2.05, 4.69) is 20.8 Å². The zero-order chi connectivity index (χ0) is 18.4. The Kier molecular flexibility index (Phi) is 5.46. The van der Waals surface area contributed by atoms with Gasteiger partial charge in [0.1, 0.15) is 11.4 Å². The number of amides is 1. The fourth-order valence-electron chi connectivity index (χ4n) is 2.22. The van der Waals surface area contributed by atoms with Crippen molar-refractivity contribution >= 4 is 23.4 Å². The molecule has 130 valence electrons. The van der Waals surface area contributed by atoms with Crippen LogP contribution in [0.4, 0.5) is 5.69 Å². The van der Waals surface area contributed by atoms with Crippen LogP contribution in [0.5, 0.6) is 5.75 Å². The number of carbonyl (C=O) groups excluding carboxylic acids is 1. The van der Waals surface area contributed by atoms with E-state index in [-0.39, 0.29) is 11.7 Å². The molecule has 0 radical (unpaired) electrons. The van der Waals surface area contributed by atoms with Crippen LogP contribution in [0.2, 0.25) is 0 Å². The van der Waals surface area contributed by atoms with Crippen LogP contribution in [-0.2, 0) is 4.79 Å². The number of aromatic nitrogens is 4. The number of hydrogen-bond acceptors (Lipinski definition) is 7. The normalized spacial score (nSPS) is 10.2. The molecule has 9 heteroatoms. The number of benzene rings is 2. The summed E-state index contributed by atoms with van der Waals surface area (Å²) in [5.41, 5.74) is 1.74. The van der Waals surface area contributed by atoms with Gasteiger partial charge in [0.2, 0.25) is 11.1 Å². The predicted octanol–water partition coefficient (Wildman–Crippen LogP) is 2.27. The van der Waals surface area contributed by atoms with Crippen LogP contribution in [0.3, 0.4) is 0 Å². The summed E-state index contributed by atoms with van der Waals surface area (Å²) in [6, 6.07) is 16.1. The third kappa shape index (κ3) is 3.99. The Morgan fingerprint density at radius 3 is 2.96 bits per heavy atom. The van der Waals surface area contributed by atoms with Crippen molar-refractivity contribution in [3.05, 3.63) is 54.1 Å². The van der Waals surface area contributed by atoms with Crippen molar-refractivity contribution in [1.82, 2.24) is 20.2 Å². The monoisotopic (exact) mass is 366 g/mol. The fourth-order valence-corrected chi connectivity index (χ4v) is 2.90. The van der Waals surface area contributed by atoms with Gasteiger partial charge in [0.05, 0.1) is 24.5 Å². The molecule has 0 unspecified atom stereocenters. The molecule has 0 saturated carbocycles. The van der Waals surface area contributed by atoms with E-state index in [0.717, 1.165) is 0 Å². The van der Waals surface area contributed by atoms with E-state index >= 15 is 0 Å². The van der Waals surface area contributed by atoms with Crippen LogP contribution < -0.4 is 10.1 Å². The SMILES string of the molecule is COc1ccccc1-n1nnnc1SCC(=O)Nc1cccc(C#N)c1. The van der Waals surface area contributed by atoms with Gasteiger partial charge in [-0.2, -0.15) is 9.94 Å². The van der Waals surface area contributed by atoms with E-state index in [9.17, 15) is 4.79 Å². The molecule has 3 rings (SSSR count). The number of carbonyl (C=O) groups is 1. The zero-order valence-corrected chi connectivity index (χ0v) is 14.6. The van der Waals surface area contributed by atoms with Gasteiger partial charge in [-0.25, -0.2) is 0 Å². The van der Waals surface area contributed by atoms with Gasteiger partial charge < -0.3 is 10.1 Å². The molecule has 0 aliphatic heterocycles. The molecular formula is C17H14N6O2S. The Bertz CT molecular complexity index is 966. The first kappa shape index (κ1) is 17.4. The third-order valence-corrected chi connectivity index (χ3v) is 4.28. The number of ether oxygens (including phenoxy) is 1. The molecule has 2 aromatic carbocycles. The second-order valence-corrected chi connectivity index (χ2v) is 6.02. The molecule has 0 atom stereocenters. The van der Waals surface area contributed by atoms with Crippen molar-refractivity contribution in [3.63, 3.8) is 0 Å². The van der Waals surface area contributed by atoms with Crippen molar-refractivity contribution in [2.24, 2.45) is 0 Å². The van der Waals surface area contributed by atoms with Crippen molar-refractivity contribution < 1.29 is 9.53 Å². The molecule has 0 aliphatic rings. The van der Waals surface area contributed by atoms with Gasteiger partial charge in [-0.1, -0.05) is 30.0 Å². The number of tetrazole rings is 1. The number of anilines is 1. The van der Waals surface area contributed by atoms with E-state index in [1.165, 1.54) is 16.4 Å². The number of methoxy groups -OCH3 is 1. The lowest BCUT2D eigenvalue weighted by molar-refractivity contribution is -0.113. The lowest BCUT2D eigenvalue weighted by Crippen LogP contribution is -2.14. The molecule has 0 bridgehead atoms. The van der Waals surface area contributed by atoms with Crippen molar-refractivity contribution in [1.29, 1.82) is 5.26 Å². The average Bonchev–Trinajstić information content (AvgIpc) is 3.15. The van der Waals surface area contributed by atoms with Gasteiger partial charge in [-0.15, -0.1) is 5.10 Å². The molecule has 1 N–H and O–H groups in total. The molecule has 3 aromatic rings. The number of rotatable bonds is 6. The van der Waals surface area contributed by atoms with Crippen LogP contribution in [0.25, 0.3) is 5.69 Å². The third-order valence-electron chi connectivity index (χ3n) is 3.36. The first-order valence-electron chi connectivity index (χ1n) is 7.56. The van der Waals surface area contributed by atoms with Gasteiger partial charge in [-0.05, 0) is 40.8 Å². The number of nitrogens with zero attached hydrogens (tertiary/aromatic N) is 5. The van der Waals surface area contributed by atoms with Gasteiger partial charge >= 0.3 is 0 Å². The maximum atomic E-state index is 12.2. The maximum Gasteiger partial charge on any atom is 0.234 e. The minimum absolute atomic E-state index is 0.117. The van der Waals surface area contributed by atoms with Crippen LogP contribution in [0.1, 0.15) is 5.56 Å². The second-order valence-electron chi connectivity index (χ2n) is 5.07. The summed E-state index contributed by atoms with van der Waals surface area (Å²) in [6.07, 6.45) is 0. The van der Waals surface area contributed by atoms with E-state index in [1.807, 2.05) is 24.3 Å². The summed E-state index contributed by atoms with van der Waals surface area (Å²) in [5.74, 6) is 0.519. The Balaban J connectivity index is 1.68. The molecule has 1 aromatic heterocycles. The molecule has 1 heterocycles. The highest BCUT2D eigenvalue weighted by molar-refractivity contribution is 7.99. The highest BCUT2D eigenvalue weighted by Crippen LogP contribution is 2.25. The van der Waals surface area contributed by atoms with Crippen LogP contribution in [0, 0.1) is 11.3 Å². The quantitative estimate of drug-likeness (QED) is 0.667. The van der Waals surface area contributed by atoms with E-state index < -0.39 is 0 Å². The molecular weight excluding hydrogens is 352 g/mol. The molecule has 1 amide bonds. The molecule has 0 saturated heterocycles. The lowest BCUT2D eigenvalue weighted by atomic mass is 10.2. The Labute approximate surface area is 153 Å². The number of hydrogen-bond donors (Lipinski definition) is 1. The van der Waals surface area contributed by atoms with Crippen LogP contribution in [-0.4, -0.2) is 39.0 Å². The Morgan fingerprint density at radius 2 is 2.15 bits per heavy atom. The molecule has 0 aliphatic carbocycles. The molecule has 8 nitrogen and oxygen atoms in total. The van der Waals surface area contributed by atoms with Gasteiger partial charge in [-0.3, -0.25) is 4.79 Å². The Hall–Kier alpha value is -3.38. The predicted molar refractivity (Wildman–Crippen MR) is 96.2 cm³/mol. The minimum atomic E-state index is -0.223. The first-order valence-corrected chi connectivity index (χ1v) is 8.54. The Morgan fingerprint density at radius 1 is 1.31 bits per heavy atom. The minimum Gasteiger partial charge on any atom is -0.494 e. The topological polar surface area (TPSA) is 106 Å². The van der Waals surface area contributed by atoms with Crippen molar-refractivity contribution in [2.75, 3.05) is 18.2 Å². The highest BCUT2D eigenvalue weighted by atomic mass is 32.2. The van der Waals surface area contributed by atoms with Crippen LogP contribution in [0.15, 0.2) is 53.7 Å². The van der Waals surface area contributed by atoms with Crippen LogP contribution >= 0.6 is 11.8 Å². The summed E-state index contributed by atoms with van der Waals surface area (Å²) >= 11 is 1.20. The first-order chi connectivity index (χ1) is 12.7. The maximum absolute atomic E-state index is 12.2. The van der Waals surface area contributed by atoms with Gasteiger partial charge in [0.15, 0.2) is 0 Å². The summed E-state index contributed by atoms with van der Waals surface area (Å²) in [4.78, 5) is 12.2. The summed E-state index contributed by atoms with van der Waals surface area (Å²) in [5, 5.41) is 23.7. The molecule has 0 spiro atoms. The average molecular weight is 366 g/mol. The molecule has 26 heavy (non-hydrogen) atoms. The number of thioether (sulfide) groups is 1. The zero-order valence-electron chi connectivity index (χ0n) is 13.8. The molecule has 0 fully saturated rings. The summed E-state index contributed by atoms with van der Waals surface area (Å²) in [6.45, 7) is 0. The summed E-state index contributed by atoms with van der Waals surface area (Å²) in [7, 11) is 1.57. The van der Waals surface area contributed by atoms with E-state index in [1.54, 1.807) is 37.4 Å². The largest absolute Gasteiger partial charge is 0.494 e. The number of nitriles is 1. The van der Waals surface area contributed by atoms with E-state index in [0.29, 0.717) is 27.8 Å². The van der Waals surface area contributed by atoms with Crippen molar-refractivity contribution in [3.8, 4) is 17.5 Å². The van der Waals surface area contributed by atoms with E-state index in [4.69, 9.17) is 10.00 Å². The lowest BCUT2D eigenvalue weighted by Gasteiger charge is -2.09.